The molecule has 0 aliphatic carbocycles. The summed E-state index contributed by atoms with van der Waals surface area (Å²) in [6.45, 7) is 2.04. The van der Waals surface area contributed by atoms with Crippen molar-refractivity contribution >= 4 is 5.97 Å². The lowest BCUT2D eigenvalue weighted by Gasteiger charge is -2.01. The molecule has 0 fully saturated rings. The summed E-state index contributed by atoms with van der Waals surface area (Å²) in [4.78, 5) is 11.2. The van der Waals surface area contributed by atoms with Crippen molar-refractivity contribution in [3.8, 4) is 11.5 Å². The first kappa shape index (κ1) is 11.3. The lowest BCUT2D eigenvalue weighted by Crippen LogP contribution is -2.00. The van der Waals surface area contributed by atoms with Gasteiger partial charge in [-0.1, -0.05) is 25.1 Å². The molecule has 0 aliphatic heterocycles. The van der Waals surface area contributed by atoms with Crippen molar-refractivity contribution in [2.24, 2.45) is 0 Å². The SMILES string of the molecule is CCc1ccccc1-c1nnc(C(=O)OC)o1. The summed E-state index contributed by atoms with van der Waals surface area (Å²) in [7, 11) is 1.27. The molecule has 0 bridgehead atoms. The van der Waals surface area contributed by atoms with Crippen LogP contribution in [0.25, 0.3) is 11.5 Å². The van der Waals surface area contributed by atoms with E-state index in [-0.39, 0.29) is 5.89 Å². The van der Waals surface area contributed by atoms with Crippen LogP contribution in [0, 0.1) is 0 Å². The zero-order chi connectivity index (χ0) is 12.3. The second-order valence-electron chi connectivity index (χ2n) is 3.41. The first-order valence-corrected chi connectivity index (χ1v) is 5.26. The van der Waals surface area contributed by atoms with Crippen LogP contribution in [-0.4, -0.2) is 23.3 Å². The van der Waals surface area contributed by atoms with Gasteiger partial charge < -0.3 is 9.15 Å². The summed E-state index contributed by atoms with van der Waals surface area (Å²) in [5.74, 6) is -0.422. The van der Waals surface area contributed by atoms with E-state index in [1.807, 2.05) is 31.2 Å². The minimum absolute atomic E-state index is 0.131. The molecule has 1 heterocycles. The normalized spacial score (nSPS) is 10.2. The fourth-order valence-electron chi connectivity index (χ4n) is 1.54. The highest BCUT2D eigenvalue weighted by Crippen LogP contribution is 2.22. The van der Waals surface area contributed by atoms with Gasteiger partial charge in [0.1, 0.15) is 0 Å². The molecule has 2 rings (SSSR count). The Bertz CT molecular complexity index is 534. The third kappa shape index (κ3) is 2.18. The van der Waals surface area contributed by atoms with E-state index in [2.05, 4.69) is 14.9 Å². The highest BCUT2D eigenvalue weighted by atomic mass is 16.5. The van der Waals surface area contributed by atoms with E-state index in [0.717, 1.165) is 17.5 Å². The number of aryl methyl sites for hydroxylation is 1. The maximum Gasteiger partial charge on any atom is 0.396 e. The Labute approximate surface area is 98.4 Å². The third-order valence-electron chi connectivity index (χ3n) is 2.41. The first-order valence-electron chi connectivity index (χ1n) is 5.26. The van der Waals surface area contributed by atoms with E-state index in [1.54, 1.807) is 0 Å². The van der Waals surface area contributed by atoms with Gasteiger partial charge in [-0.2, -0.15) is 0 Å². The number of methoxy groups -OCH3 is 1. The van der Waals surface area contributed by atoms with Crippen LogP contribution in [-0.2, 0) is 11.2 Å². The highest BCUT2D eigenvalue weighted by molar-refractivity contribution is 5.84. The highest BCUT2D eigenvalue weighted by Gasteiger charge is 2.17. The molecule has 0 aliphatic rings. The number of rotatable bonds is 3. The van der Waals surface area contributed by atoms with E-state index in [1.165, 1.54) is 7.11 Å². The molecular weight excluding hydrogens is 220 g/mol. The molecule has 0 radical (unpaired) electrons. The number of hydrogen-bond acceptors (Lipinski definition) is 5. The standard InChI is InChI=1S/C12H12N2O3/c1-3-8-6-4-5-7-9(8)10-13-14-11(17-10)12(15)16-2/h4-7H,3H2,1-2H3. The smallest absolute Gasteiger partial charge is 0.396 e. The van der Waals surface area contributed by atoms with E-state index in [9.17, 15) is 4.79 Å². The van der Waals surface area contributed by atoms with Gasteiger partial charge in [-0.25, -0.2) is 4.79 Å². The van der Waals surface area contributed by atoms with Crippen LogP contribution >= 0.6 is 0 Å². The van der Waals surface area contributed by atoms with Gasteiger partial charge in [-0.05, 0) is 18.1 Å². The largest absolute Gasteiger partial charge is 0.462 e. The zero-order valence-corrected chi connectivity index (χ0v) is 9.64. The van der Waals surface area contributed by atoms with Gasteiger partial charge in [0.2, 0.25) is 5.89 Å². The summed E-state index contributed by atoms with van der Waals surface area (Å²) in [5.41, 5.74) is 1.94. The van der Waals surface area contributed by atoms with E-state index in [4.69, 9.17) is 4.42 Å². The van der Waals surface area contributed by atoms with Gasteiger partial charge in [0.25, 0.3) is 0 Å². The predicted molar refractivity (Wildman–Crippen MR) is 60.5 cm³/mol. The van der Waals surface area contributed by atoms with Crippen molar-refractivity contribution in [1.82, 2.24) is 10.2 Å². The Morgan fingerprint density at radius 3 is 2.82 bits per heavy atom. The van der Waals surface area contributed by atoms with Gasteiger partial charge >= 0.3 is 11.9 Å². The minimum Gasteiger partial charge on any atom is -0.462 e. The number of benzene rings is 1. The van der Waals surface area contributed by atoms with Crippen molar-refractivity contribution in [3.63, 3.8) is 0 Å². The molecule has 0 amide bonds. The van der Waals surface area contributed by atoms with E-state index in [0.29, 0.717) is 5.89 Å². The summed E-state index contributed by atoms with van der Waals surface area (Å²) >= 11 is 0. The molecule has 1 aromatic heterocycles. The summed E-state index contributed by atoms with van der Waals surface area (Å²) < 4.78 is 9.77. The molecule has 5 nitrogen and oxygen atoms in total. The van der Waals surface area contributed by atoms with Crippen molar-refractivity contribution in [3.05, 3.63) is 35.7 Å². The molecule has 0 atom stereocenters. The number of nitrogens with zero attached hydrogens (tertiary/aromatic N) is 2. The van der Waals surface area contributed by atoms with E-state index < -0.39 is 5.97 Å². The Kier molecular flexibility index (Phi) is 3.18. The third-order valence-corrected chi connectivity index (χ3v) is 2.41. The number of carbonyl (C=O) groups excluding carboxylic acids is 1. The Morgan fingerprint density at radius 1 is 1.35 bits per heavy atom. The maximum absolute atomic E-state index is 11.2. The van der Waals surface area contributed by atoms with Crippen molar-refractivity contribution in [2.75, 3.05) is 7.11 Å². The predicted octanol–water partition coefficient (Wildman–Crippen LogP) is 2.09. The number of esters is 1. The fraction of sp³-hybridized carbons (Fsp3) is 0.250. The average Bonchev–Trinajstić information content (AvgIpc) is 2.87. The maximum atomic E-state index is 11.2. The summed E-state index contributed by atoms with van der Waals surface area (Å²) in [6.07, 6.45) is 0.853. The molecule has 0 saturated carbocycles. The van der Waals surface area contributed by atoms with Crippen molar-refractivity contribution in [2.45, 2.75) is 13.3 Å². The summed E-state index contributed by atoms with van der Waals surface area (Å²) in [5, 5.41) is 7.49. The number of ether oxygens (including phenoxy) is 1. The molecule has 2 aromatic rings. The Balaban J connectivity index is 2.40. The fourth-order valence-corrected chi connectivity index (χ4v) is 1.54. The lowest BCUT2D eigenvalue weighted by atomic mass is 10.1. The van der Waals surface area contributed by atoms with Crippen molar-refractivity contribution in [1.29, 1.82) is 0 Å². The molecule has 88 valence electrons. The lowest BCUT2D eigenvalue weighted by molar-refractivity contribution is 0.0556. The van der Waals surface area contributed by atoms with Gasteiger partial charge in [0, 0.05) is 5.56 Å². The Morgan fingerprint density at radius 2 is 2.12 bits per heavy atom. The number of aromatic nitrogens is 2. The Hall–Kier alpha value is -2.17. The molecule has 0 unspecified atom stereocenters. The second-order valence-corrected chi connectivity index (χ2v) is 3.41. The second kappa shape index (κ2) is 4.78. The molecule has 0 saturated heterocycles. The van der Waals surface area contributed by atoms with E-state index >= 15 is 0 Å². The van der Waals surface area contributed by atoms with Crippen LogP contribution in [0.4, 0.5) is 0 Å². The molecule has 17 heavy (non-hydrogen) atoms. The minimum atomic E-state index is -0.627. The molecular formula is C12H12N2O3. The van der Waals surface area contributed by atoms with Crippen LogP contribution in [0.5, 0.6) is 0 Å². The first-order chi connectivity index (χ1) is 8.26. The quantitative estimate of drug-likeness (QED) is 0.758. The van der Waals surface area contributed by atoms with Gasteiger partial charge in [-0.3, -0.25) is 0 Å². The van der Waals surface area contributed by atoms with Crippen LogP contribution < -0.4 is 0 Å². The summed E-state index contributed by atoms with van der Waals surface area (Å²) in [6, 6.07) is 7.70. The van der Waals surface area contributed by atoms with Crippen molar-refractivity contribution < 1.29 is 13.9 Å². The van der Waals surface area contributed by atoms with Gasteiger partial charge in [0.05, 0.1) is 7.11 Å². The molecule has 0 spiro atoms. The van der Waals surface area contributed by atoms with Crippen LogP contribution in [0.3, 0.4) is 0 Å². The van der Waals surface area contributed by atoms with Gasteiger partial charge in [-0.15, -0.1) is 10.2 Å². The molecule has 0 N–H and O–H groups in total. The number of hydrogen-bond donors (Lipinski definition) is 0. The van der Waals surface area contributed by atoms with Crippen LogP contribution in [0.2, 0.25) is 0 Å². The average molecular weight is 232 g/mol. The molecule has 5 heteroatoms. The van der Waals surface area contributed by atoms with Crippen LogP contribution in [0.15, 0.2) is 28.7 Å². The zero-order valence-electron chi connectivity index (χ0n) is 9.64. The number of carbonyl (C=O) groups is 1. The van der Waals surface area contributed by atoms with Crippen LogP contribution in [0.1, 0.15) is 23.2 Å². The monoisotopic (exact) mass is 232 g/mol. The molecule has 1 aromatic carbocycles. The topological polar surface area (TPSA) is 65.2 Å². The van der Waals surface area contributed by atoms with Gasteiger partial charge in [0.15, 0.2) is 0 Å².